The Morgan fingerprint density at radius 3 is 2.52 bits per heavy atom. The van der Waals surface area contributed by atoms with Crippen LogP contribution >= 0.6 is 24.0 Å². The van der Waals surface area contributed by atoms with E-state index in [2.05, 4.69) is 15.1 Å². The molecule has 1 aromatic rings. The lowest BCUT2D eigenvalue weighted by atomic mass is 10.2. The molecule has 2 aliphatic heterocycles. The highest BCUT2D eigenvalue weighted by molar-refractivity contribution is 14.0. The van der Waals surface area contributed by atoms with Gasteiger partial charge in [0.25, 0.3) is 5.91 Å². The smallest absolute Gasteiger partial charge is 0.255 e. The number of amides is 2. The number of nitrogens with zero attached hydrogens (tertiary/aromatic N) is 4. The molecule has 1 aromatic carbocycles. The van der Waals surface area contributed by atoms with Crippen LogP contribution in [-0.4, -0.2) is 105 Å². The Morgan fingerprint density at radius 1 is 1.12 bits per heavy atom. The summed E-state index contributed by atoms with van der Waals surface area (Å²) < 4.78 is 10.7. The predicted molar refractivity (Wildman–Crippen MR) is 137 cm³/mol. The standard InChI is InChI=1S/C22H34N6O4.HI/c1-2-24-22(25-15-18-4-3-5-19(14-18)32-17-20(23)29)28-8-6-26(7-9-28)16-21(30)27-10-12-31-13-11-27;/h3-5,14H,2,6-13,15-17H2,1H3,(H2,23,29)(H,24,25);1H. The first kappa shape index (κ1) is 27.1. The Labute approximate surface area is 212 Å². The molecule has 0 radical (unpaired) electrons. The predicted octanol–water partition coefficient (Wildman–Crippen LogP) is 0.111. The Bertz CT molecular complexity index is 795. The molecule has 33 heavy (non-hydrogen) atoms. The number of hydrogen-bond acceptors (Lipinski definition) is 6. The number of rotatable bonds is 8. The van der Waals surface area contributed by atoms with E-state index in [0.717, 1.165) is 44.2 Å². The second kappa shape index (κ2) is 14.2. The largest absolute Gasteiger partial charge is 0.484 e. The molecule has 2 aliphatic rings. The SMILES string of the molecule is CCNC(=NCc1cccc(OCC(N)=O)c1)N1CCN(CC(=O)N2CCOCC2)CC1.I. The van der Waals surface area contributed by atoms with E-state index in [1.807, 2.05) is 30.0 Å². The molecule has 2 heterocycles. The highest BCUT2D eigenvalue weighted by atomic mass is 127. The third-order valence-electron chi connectivity index (χ3n) is 5.42. The van der Waals surface area contributed by atoms with Crippen molar-refractivity contribution < 1.29 is 19.1 Å². The van der Waals surface area contributed by atoms with E-state index < -0.39 is 5.91 Å². The number of ether oxygens (including phenoxy) is 2. The van der Waals surface area contributed by atoms with Crippen LogP contribution in [0.4, 0.5) is 0 Å². The highest BCUT2D eigenvalue weighted by Gasteiger charge is 2.24. The van der Waals surface area contributed by atoms with Crippen LogP contribution in [0.25, 0.3) is 0 Å². The first-order valence-electron chi connectivity index (χ1n) is 11.2. The molecular formula is C22H35IN6O4. The van der Waals surface area contributed by atoms with Crippen LogP contribution in [0.3, 0.4) is 0 Å². The molecule has 2 amide bonds. The summed E-state index contributed by atoms with van der Waals surface area (Å²) in [6, 6.07) is 7.50. The van der Waals surface area contributed by atoms with Gasteiger partial charge in [-0.05, 0) is 24.6 Å². The van der Waals surface area contributed by atoms with Gasteiger partial charge in [-0.2, -0.15) is 0 Å². The number of nitrogens with one attached hydrogen (secondary N) is 1. The zero-order valence-electron chi connectivity index (χ0n) is 19.2. The van der Waals surface area contributed by atoms with Gasteiger partial charge in [0.1, 0.15) is 5.75 Å². The van der Waals surface area contributed by atoms with Crippen LogP contribution in [0.1, 0.15) is 12.5 Å². The fourth-order valence-corrected chi connectivity index (χ4v) is 3.70. The second-order valence-electron chi connectivity index (χ2n) is 7.83. The summed E-state index contributed by atoms with van der Waals surface area (Å²) in [5.74, 6) is 1.13. The second-order valence-corrected chi connectivity index (χ2v) is 7.83. The number of piperazine rings is 1. The molecule has 0 unspecified atom stereocenters. The molecule has 2 saturated heterocycles. The summed E-state index contributed by atoms with van der Waals surface area (Å²) in [7, 11) is 0. The summed E-state index contributed by atoms with van der Waals surface area (Å²) in [5.41, 5.74) is 6.12. The van der Waals surface area contributed by atoms with Gasteiger partial charge in [0.2, 0.25) is 5.91 Å². The summed E-state index contributed by atoms with van der Waals surface area (Å²) in [5, 5.41) is 3.36. The van der Waals surface area contributed by atoms with E-state index in [4.69, 9.17) is 20.2 Å². The fourth-order valence-electron chi connectivity index (χ4n) is 3.70. The van der Waals surface area contributed by atoms with Crippen LogP contribution in [-0.2, 0) is 20.9 Å². The van der Waals surface area contributed by atoms with E-state index in [-0.39, 0.29) is 36.5 Å². The third kappa shape index (κ3) is 8.97. The van der Waals surface area contributed by atoms with Gasteiger partial charge in [-0.3, -0.25) is 14.5 Å². The van der Waals surface area contributed by atoms with Crippen molar-refractivity contribution in [1.82, 2.24) is 20.0 Å². The van der Waals surface area contributed by atoms with Crippen molar-refractivity contribution in [2.75, 3.05) is 72.2 Å². The van der Waals surface area contributed by atoms with Gasteiger partial charge >= 0.3 is 0 Å². The van der Waals surface area contributed by atoms with Crippen LogP contribution in [0, 0.1) is 0 Å². The van der Waals surface area contributed by atoms with Gasteiger partial charge in [0.15, 0.2) is 12.6 Å². The van der Waals surface area contributed by atoms with Crippen molar-refractivity contribution >= 4 is 41.8 Å². The van der Waals surface area contributed by atoms with Crippen molar-refractivity contribution in [3.05, 3.63) is 29.8 Å². The zero-order valence-corrected chi connectivity index (χ0v) is 21.5. The first-order chi connectivity index (χ1) is 15.5. The number of guanidine groups is 1. The number of morpholine rings is 1. The number of primary amides is 1. The summed E-state index contributed by atoms with van der Waals surface area (Å²) in [6.45, 7) is 9.50. The molecule has 0 bridgehead atoms. The molecule has 3 N–H and O–H groups in total. The van der Waals surface area contributed by atoms with Crippen LogP contribution in [0.2, 0.25) is 0 Å². The lowest BCUT2D eigenvalue weighted by molar-refractivity contribution is -0.136. The lowest BCUT2D eigenvalue weighted by Gasteiger charge is -2.37. The Kier molecular flexibility index (Phi) is 11.7. The van der Waals surface area contributed by atoms with Gasteiger partial charge in [-0.15, -0.1) is 24.0 Å². The number of halogens is 1. The Hall–Kier alpha value is -2.12. The quantitative estimate of drug-likeness (QED) is 0.258. The monoisotopic (exact) mass is 574 g/mol. The molecule has 11 heteroatoms. The molecule has 0 atom stereocenters. The van der Waals surface area contributed by atoms with Crippen molar-refractivity contribution in [3.63, 3.8) is 0 Å². The van der Waals surface area contributed by atoms with Crippen molar-refractivity contribution in [3.8, 4) is 5.75 Å². The van der Waals surface area contributed by atoms with Crippen molar-refractivity contribution in [1.29, 1.82) is 0 Å². The topological polar surface area (TPSA) is 113 Å². The van der Waals surface area contributed by atoms with Crippen LogP contribution in [0.15, 0.2) is 29.3 Å². The minimum Gasteiger partial charge on any atom is -0.484 e. The summed E-state index contributed by atoms with van der Waals surface area (Å²) in [4.78, 5) is 34.5. The van der Waals surface area contributed by atoms with Gasteiger partial charge in [-0.1, -0.05) is 12.1 Å². The molecule has 0 spiro atoms. The van der Waals surface area contributed by atoms with Gasteiger partial charge in [0.05, 0.1) is 26.3 Å². The molecule has 2 fully saturated rings. The number of aliphatic imine (C=N–C) groups is 1. The molecule has 184 valence electrons. The van der Waals surface area contributed by atoms with E-state index in [1.54, 1.807) is 6.07 Å². The number of carbonyl (C=O) groups is 2. The first-order valence-corrected chi connectivity index (χ1v) is 11.2. The molecular weight excluding hydrogens is 539 g/mol. The average Bonchev–Trinajstić information content (AvgIpc) is 2.82. The van der Waals surface area contributed by atoms with E-state index in [9.17, 15) is 9.59 Å². The van der Waals surface area contributed by atoms with E-state index in [0.29, 0.717) is 45.1 Å². The maximum Gasteiger partial charge on any atom is 0.255 e. The lowest BCUT2D eigenvalue weighted by Crippen LogP contribution is -2.54. The minimum atomic E-state index is -0.506. The van der Waals surface area contributed by atoms with E-state index >= 15 is 0 Å². The maximum atomic E-state index is 12.5. The molecule has 0 aromatic heterocycles. The number of carbonyl (C=O) groups excluding carboxylic acids is 2. The van der Waals surface area contributed by atoms with Gasteiger partial charge < -0.3 is 30.3 Å². The van der Waals surface area contributed by atoms with E-state index in [1.165, 1.54) is 0 Å². The molecule has 10 nitrogen and oxygen atoms in total. The van der Waals surface area contributed by atoms with Crippen LogP contribution in [0.5, 0.6) is 5.75 Å². The third-order valence-corrected chi connectivity index (χ3v) is 5.42. The molecule has 3 rings (SSSR count). The van der Waals surface area contributed by atoms with Gasteiger partial charge in [-0.25, -0.2) is 4.99 Å². The molecule has 0 saturated carbocycles. The van der Waals surface area contributed by atoms with Crippen LogP contribution < -0.4 is 15.8 Å². The Balaban J connectivity index is 0.00000385. The Morgan fingerprint density at radius 2 is 1.85 bits per heavy atom. The van der Waals surface area contributed by atoms with Crippen molar-refractivity contribution in [2.45, 2.75) is 13.5 Å². The summed E-state index contributed by atoms with van der Waals surface area (Å²) >= 11 is 0. The number of benzene rings is 1. The summed E-state index contributed by atoms with van der Waals surface area (Å²) in [6.07, 6.45) is 0. The average molecular weight is 574 g/mol. The maximum absolute atomic E-state index is 12.5. The van der Waals surface area contributed by atoms with Crippen molar-refractivity contribution in [2.24, 2.45) is 10.7 Å². The number of hydrogen-bond donors (Lipinski definition) is 2. The fraction of sp³-hybridized carbons (Fsp3) is 0.591. The number of nitrogens with two attached hydrogens (primary N) is 1. The highest BCUT2D eigenvalue weighted by Crippen LogP contribution is 2.14. The molecule has 0 aliphatic carbocycles. The zero-order chi connectivity index (χ0) is 22.8. The normalized spacial score (nSPS) is 17.3. The minimum absolute atomic E-state index is 0. The van der Waals surface area contributed by atoms with Gasteiger partial charge in [0, 0.05) is 45.8 Å².